The van der Waals surface area contributed by atoms with Gasteiger partial charge in [0.2, 0.25) is 0 Å². The fourth-order valence-corrected chi connectivity index (χ4v) is 5.67. The van der Waals surface area contributed by atoms with Gasteiger partial charge in [0, 0.05) is 11.9 Å². The minimum atomic E-state index is -0.475. The third-order valence-electron chi connectivity index (χ3n) is 7.93. The molecular weight excluding hydrogens is 532 g/mol. The highest BCUT2D eigenvalue weighted by Crippen LogP contribution is 2.29. The maximum atomic E-state index is 14.3. The Balaban J connectivity index is 1.48. The Kier molecular flexibility index (Phi) is 8.01. The fraction of sp³-hybridized carbons (Fsp3) is 0.162. The summed E-state index contributed by atoms with van der Waals surface area (Å²) in [5.41, 5.74) is 4.15. The van der Waals surface area contributed by atoms with E-state index in [-0.39, 0.29) is 11.6 Å². The second kappa shape index (κ2) is 12.3. The fourth-order valence-electron chi connectivity index (χ4n) is 5.67. The first-order valence-electron chi connectivity index (χ1n) is 14.7. The Labute approximate surface area is 251 Å². The number of carbonyl (C=O) groups excluding carboxylic acids is 1. The number of hydrogen-bond donors (Lipinski definition) is 1. The molecule has 0 aliphatic heterocycles. The summed E-state index contributed by atoms with van der Waals surface area (Å²) in [6.45, 7) is 4.49. The molecule has 6 nitrogen and oxygen atoms in total. The third-order valence-corrected chi connectivity index (χ3v) is 7.93. The van der Waals surface area contributed by atoms with Crippen molar-refractivity contribution in [2.45, 2.75) is 32.7 Å². The summed E-state index contributed by atoms with van der Waals surface area (Å²) >= 11 is 0. The zero-order valence-corrected chi connectivity index (χ0v) is 24.4. The lowest BCUT2D eigenvalue weighted by Gasteiger charge is -2.32. The standard InChI is InChI=1S/C37H34N4O2/c1-3-34(35-38-33-18-10-9-17-31(33)36(42)41(35)29-22-20-26(2)21-23-29)40(25-24-27-12-5-4-6-13-27)37(43)39-32-19-11-15-28-14-7-8-16-30(28)32/h4-23,34H,3,24-25H2,1-2H3,(H,39,43). The molecule has 0 bridgehead atoms. The van der Waals surface area contributed by atoms with Crippen LogP contribution in [-0.4, -0.2) is 27.0 Å². The van der Waals surface area contributed by atoms with Crippen LogP contribution in [0.1, 0.15) is 36.3 Å². The zero-order chi connectivity index (χ0) is 29.8. The molecule has 0 saturated heterocycles. The average molecular weight is 567 g/mol. The molecule has 1 aromatic heterocycles. The van der Waals surface area contributed by atoms with Crippen molar-refractivity contribution >= 4 is 33.4 Å². The van der Waals surface area contributed by atoms with Crippen molar-refractivity contribution in [2.24, 2.45) is 0 Å². The maximum Gasteiger partial charge on any atom is 0.322 e. The van der Waals surface area contributed by atoms with Crippen molar-refractivity contribution in [1.29, 1.82) is 0 Å². The van der Waals surface area contributed by atoms with Gasteiger partial charge in [-0.2, -0.15) is 0 Å². The van der Waals surface area contributed by atoms with Gasteiger partial charge < -0.3 is 10.2 Å². The van der Waals surface area contributed by atoms with E-state index in [0.29, 0.717) is 36.1 Å². The molecule has 43 heavy (non-hydrogen) atoms. The summed E-state index contributed by atoms with van der Waals surface area (Å²) in [5, 5.41) is 5.75. The number of aryl methyl sites for hydroxylation is 1. The molecule has 0 aliphatic carbocycles. The molecule has 1 N–H and O–H groups in total. The Morgan fingerprint density at radius 1 is 0.814 bits per heavy atom. The predicted octanol–water partition coefficient (Wildman–Crippen LogP) is 8.08. The number of benzene rings is 5. The lowest BCUT2D eigenvalue weighted by atomic mass is 10.1. The molecule has 6 rings (SSSR count). The van der Waals surface area contributed by atoms with Crippen molar-refractivity contribution in [2.75, 3.05) is 11.9 Å². The van der Waals surface area contributed by atoms with Gasteiger partial charge in [0.15, 0.2) is 0 Å². The normalized spacial score (nSPS) is 11.9. The molecule has 214 valence electrons. The number of hydrogen-bond acceptors (Lipinski definition) is 3. The molecule has 1 heterocycles. The molecule has 0 saturated carbocycles. The van der Waals surface area contributed by atoms with Crippen molar-refractivity contribution in [1.82, 2.24) is 14.5 Å². The molecule has 0 aliphatic rings. The smallest absolute Gasteiger partial charge is 0.314 e. The number of rotatable bonds is 8. The molecular formula is C37H34N4O2. The summed E-state index contributed by atoms with van der Waals surface area (Å²) in [6, 6.07) is 38.6. The van der Waals surface area contributed by atoms with Gasteiger partial charge in [-0.15, -0.1) is 0 Å². The van der Waals surface area contributed by atoms with Crippen molar-refractivity contribution in [3.05, 3.63) is 149 Å². The molecule has 2 amide bonds. The predicted molar refractivity (Wildman–Crippen MR) is 175 cm³/mol. The third kappa shape index (κ3) is 5.77. The molecule has 6 heteroatoms. The Hall–Kier alpha value is -5.23. The first kappa shape index (κ1) is 27.9. The van der Waals surface area contributed by atoms with Crippen LogP contribution in [-0.2, 0) is 6.42 Å². The van der Waals surface area contributed by atoms with Crippen LogP contribution in [0.3, 0.4) is 0 Å². The number of aromatic nitrogens is 2. The number of nitrogens with one attached hydrogen (secondary N) is 1. The van der Waals surface area contributed by atoms with E-state index in [9.17, 15) is 9.59 Å². The molecule has 0 radical (unpaired) electrons. The maximum absolute atomic E-state index is 14.3. The van der Waals surface area contributed by atoms with Crippen LogP contribution < -0.4 is 10.9 Å². The van der Waals surface area contributed by atoms with Crippen molar-refractivity contribution in [3.8, 4) is 5.69 Å². The van der Waals surface area contributed by atoms with Gasteiger partial charge >= 0.3 is 6.03 Å². The zero-order valence-electron chi connectivity index (χ0n) is 24.4. The highest BCUT2D eigenvalue weighted by atomic mass is 16.2. The molecule has 1 atom stereocenters. The first-order valence-corrected chi connectivity index (χ1v) is 14.7. The first-order chi connectivity index (χ1) is 21.0. The summed E-state index contributed by atoms with van der Waals surface area (Å²) in [5.74, 6) is 0.538. The van der Waals surface area contributed by atoms with Crippen LogP contribution in [0.15, 0.2) is 126 Å². The van der Waals surface area contributed by atoms with E-state index in [0.717, 1.165) is 33.3 Å². The van der Waals surface area contributed by atoms with Crippen LogP contribution in [0.2, 0.25) is 0 Å². The number of fused-ring (bicyclic) bond motifs is 2. The minimum Gasteiger partial charge on any atom is -0.314 e. The lowest BCUT2D eigenvalue weighted by Crippen LogP contribution is -2.42. The topological polar surface area (TPSA) is 67.2 Å². The summed E-state index contributed by atoms with van der Waals surface area (Å²) in [7, 11) is 0. The Morgan fingerprint density at radius 3 is 2.26 bits per heavy atom. The Bertz CT molecular complexity index is 1940. The summed E-state index contributed by atoms with van der Waals surface area (Å²) < 4.78 is 1.68. The van der Waals surface area contributed by atoms with Crippen molar-refractivity contribution in [3.63, 3.8) is 0 Å². The SMILES string of the molecule is CCC(c1nc2ccccc2c(=O)n1-c1ccc(C)cc1)N(CCc1ccccc1)C(=O)Nc1cccc2ccccc12. The van der Waals surface area contributed by atoms with E-state index in [4.69, 9.17) is 4.98 Å². The van der Waals surface area contributed by atoms with E-state index in [1.165, 1.54) is 0 Å². The molecule has 0 fully saturated rings. The number of para-hydroxylation sites is 1. The molecule has 0 spiro atoms. The molecule has 6 aromatic rings. The van der Waals surface area contributed by atoms with Gasteiger partial charge in [-0.1, -0.05) is 103 Å². The Morgan fingerprint density at radius 2 is 1.49 bits per heavy atom. The quantitative estimate of drug-likeness (QED) is 0.203. The monoisotopic (exact) mass is 566 g/mol. The van der Waals surface area contributed by atoms with Gasteiger partial charge in [0.05, 0.1) is 28.3 Å². The minimum absolute atomic E-state index is 0.152. The lowest BCUT2D eigenvalue weighted by molar-refractivity contribution is 0.182. The van der Waals surface area contributed by atoms with Gasteiger partial charge in [0.1, 0.15) is 5.82 Å². The van der Waals surface area contributed by atoms with Crippen LogP contribution in [0.4, 0.5) is 10.5 Å². The van der Waals surface area contributed by atoms with E-state index < -0.39 is 6.04 Å². The van der Waals surface area contributed by atoms with Gasteiger partial charge in [-0.05, 0) is 61.0 Å². The molecule has 5 aromatic carbocycles. The van der Waals surface area contributed by atoms with Gasteiger partial charge in [-0.25, -0.2) is 9.78 Å². The van der Waals surface area contributed by atoms with E-state index in [1.807, 2.05) is 122 Å². The van der Waals surface area contributed by atoms with Gasteiger partial charge in [-0.3, -0.25) is 9.36 Å². The van der Waals surface area contributed by atoms with Crippen LogP contribution in [0, 0.1) is 6.92 Å². The van der Waals surface area contributed by atoms with Crippen molar-refractivity contribution < 1.29 is 4.79 Å². The number of anilines is 1. The average Bonchev–Trinajstić information content (AvgIpc) is 3.04. The second-order valence-electron chi connectivity index (χ2n) is 10.8. The summed E-state index contributed by atoms with van der Waals surface area (Å²) in [4.78, 5) is 35.3. The number of amides is 2. The van der Waals surface area contributed by atoms with E-state index in [2.05, 4.69) is 17.4 Å². The highest BCUT2D eigenvalue weighted by Gasteiger charge is 2.29. The van der Waals surface area contributed by atoms with Gasteiger partial charge in [0.25, 0.3) is 5.56 Å². The number of urea groups is 1. The second-order valence-corrected chi connectivity index (χ2v) is 10.8. The van der Waals surface area contributed by atoms with Crippen LogP contribution in [0.25, 0.3) is 27.4 Å². The van der Waals surface area contributed by atoms with Crippen LogP contribution >= 0.6 is 0 Å². The molecule has 1 unspecified atom stereocenters. The largest absolute Gasteiger partial charge is 0.322 e. The van der Waals surface area contributed by atoms with E-state index >= 15 is 0 Å². The number of nitrogens with zero attached hydrogens (tertiary/aromatic N) is 3. The van der Waals surface area contributed by atoms with Crippen LogP contribution in [0.5, 0.6) is 0 Å². The summed E-state index contributed by atoms with van der Waals surface area (Å²) in [6.07, 6.45) is 1.22. The number of carbonyl (C=O) groups is 1. The van der Waals surface area contributed by atoms with E-state index in [1.54, 1.807) is 10.6 Å². The highest BCUT2D eigenvalue weighted by molar-refractivity contribution is 6.01.